The molecule has 78 valence electrons. The van der Waals surface area contributed by atoms with Crippen molar-refractivity contribution < 1.29 is 21.2 Å². The van der Waals surface area contributed by atoms with Gasteiger partial charge in [-0.2, -0.15) is 0 Å². The Balaban J connectivity index is 2.55. The van der Waals surface area contributed by atoms with Crippen LogP contribution in [-0.4, -0.2) is 26.3 Å². The van der Waals surface area contributed by atoms with Crippen LogP contribution in [0.4, 0.5) is 0 Å². The molecule has 0 aromatic carbocycles. The summed E-state index contributed by atoms with van der Waals surface area (Å²) >= 11 is 2.39. The first-order chi connectivity index (χ1) is 6.13. The summed E-state index contributed by atoms with van der Waals surface area (Å²) < 4.78 is 0.829. The molecule has 13 heavy (non-hydrogen) atoms. The van der Waals surface area contributed by atoms with Gasteiger partial charge in [0.25, 0.3) is 0 Å². The maximum atomic E-state index is 5.80. The summed E-state index contributed by atoms with van der Waals surface area (Å²) in [6, 6.07) is 0. The van der Waals surface area contributed by atoms with Crippen molar-refractivity contribution in [2.45, 2.75) is 23.5 Å². The summed E-state index contributed by atoms with van der Waals surface area (Å²) in [5, 5.41) is 1.93. The van der Waals surface area contributed by atoms with Gasteiger partial charge in [0.2, 0.25) is 0 Å². The van der Waals surface area contributed by atoms with Gasteiger partial charge >= 0.3 is 95.8 Å². The van der Waals surface area contributed by atoms with Crippen LogP contribution in [0, 0.1) is 0 Å². The Bertz CT molecular complexity index is 206. The van der Waals surface area contributed by atoms with Crippen LogP contribution in [0.15, 0.2) is 10.5 Å². The van der Waals surface area contributed by atoms with Crippen LogP contribution in [-0.2, 0) is 0 Å². The van der Waals surface area contributed by atoms with E-state index < -0.39 is 0 Å². The normalized spacial score (nSPS) is 22.5. The van der Waals surface area contributed by atoms with Crippen molar-refractivity contribution in [1.82, 2.24) is 5.01 Å². The molecule has 2 nitrogen and oxygen atoms in total. The van der Waals surface area contributed by atoms with Crippen LogP contribution in [0.25, 0.3) is 0 Å². The van der Waals surface area contributed by atoms with E-state index in [2.05, 4.69) is 18.8 Å². The Hall–Kier alpha value is 0.740. The van der Waals surface area contributed by atoms with Gasteiger partial charge in [-0.05, 0) is 0 Å². The molecule has 0 aromatic rings. The average Bonchev–Trinajstić information content (AvgIpc) is 2.11. The number of halogens is 1. The molecule has 1 rings (SSSR count). The van der Waals surface area contributed by atoms with E-state index in [4.69, 9.17) is 5.84 Å². The van der Waals surface area contributed by atoms with Gasteiger partial charge in [0.15, 0.2) is 0 Å². The van der Waals surface area contributed by atoms with Crippen molar-refractivity contribution in [3.05, 3.63) is 10.5 Å². The molecule has 2 N–H and O–H groups in total. The molecule has 0 saturated heterocycles. The summed E-state index contributed by atoms with van der Waals surface area (Å²) in [7, 11) is 0. The molecule has 0 fully saturated rings. The minimum atomic E-state index is 0.353. The molecule has 0 amide bonds. The first-order valence-corrected chi connectivity index (χ1v) is 8.74. The molecule has 0 aliphatic carbocycles. The number of thioether (sulfide) groups is 1. The van der Waals surface area contributed by atoms with Crippen molar-refractivity contribution in [3.63, 3.8) is 0 Å². The molecule has 1 atom stereocenters. The van der Waals surface area contributed by atoms with Crippen LogP contribution in [0.1, 0.15) is 20.3 Å². The van der Waals surface area contributed by atoms with E-state index in [0.29, 0.717) is 21.2 Å². The third kappa shape index (κ3) is 3.77. The molecular weight excluding hydrogens is 295 g/mol. The zero-order chi connectivity index (χ0) is 9.84. The van der Waals surface area contributed by atoms with E-state index >= 15 is 0 Å². The second-order valence-corrected chi connectivity index (χ2v) is 8.70. The van der Waals surface area contributed by atoms with Crippen LogP contribution < -0.4 is 27.0 Å². The van der Waals surface area contributed by atoms with E-state index in [-0.39, 0.29) is 0 Å². The summed E-state index contributed by atoms with van der Waals surface area (Å²) in [5.74, 6) is 5.80. The number of hydrogen-bond donors (Lipinski definition) is 1. The molecule has 1 aliphatic heterocycles. The number of rotatable bonds is 3. The topological polar surface area (TPSA) is 29.3 Å². The van der Waals surface area contributed by atoms with Gasteiger partial charge < -0.3 is 0 Å². The Morgan fingerprint density at radius 3 is 2.92 bits per heavy atom. The van der Waals surface area contributed by atoms with Gasteiger partial charge in [-0.1, -0.05) is 0 Å². The Morgan fingerprint density at radius 2 is 2.31 bits per heavy atom. The van der Waals surface area contributed by atoms with Gasteiger partial charge in [-0.25, -0.2) is 0 Å². The summed E-state index contributed by atoms with van der Waals surface area (Å²) in [6.45, 7) is 6.56. The van der Waals surface area contributed by atoms with E-state index in [9.17, 15) is 0 Å². The predicted molar refractivity (Wildman–Crippen MR) is 56.1 cm³/mol. The molecule has 1 unspecified atom stereocenters. The Labute approximate surface area is 95.5 Å². The SMILES string of the molecule is C[I-]C(C)SC1=C(C)CCN(N)C1. The van der Waals surface area contributed by atoms with E-state index in [1.807, 2.05) is 16.8 Å². The van der Waals surface area contributed by atoms with E-state index in [0.717, 1.165) is 22.8 Å². The predicted octanol–water partition coefficient (Wildman–Crippen LogP) is -1.36. The van der Waals surface area contributed by atoms with Gasteiger partial charge in [0, 0.05) is 0 Å². The Morgan fingerprint density at radius 1 is 1.62 bits per heavy atom. The van der Waals surface area contributed by atoms with E-state index in [1.54, 1.807) is 5.57 Å². The first-order valence-electron chi connectivity index (χ1n) is 4.46. The standard InChI is InChI=1S/C9H18IN2S/c1-7-4-5-12(11)6-9(7)13-8(2)10-3/h8H,4-6,11H2,1-3H3/q-1. The number of alkyl halides is 2. The molecule has 0 spiro atoms. The van der Waals surface area contributed by atoms with Gasteiger partial charge in [-0.15, -0.1) is 0 Å². The quantitative estimate of drug-likeness (QED) is 0.396. The van der Waals surface area contributed by atoms with Crippen LogP contribution in [0.2, 0.25) is 0 Å². The van der Waals surface area contributed by atoms with Crippen LogP contribution in [0.5, 0.6) is 0 Å². The summed E-state index contributed by atoms with van der Waals surface area (Å²) in [5.41, 5.74) is 1.55. The summed E-state index contributed by atoms with van der Waals surface area (Å²) in [4.78, 5) is 3.86. The zero-order valence-corrected chi connectivity index (χ0v) is 11.5. The van der Waals surface area contributed by atoms with Crippen molar-refractivity contribution in [2.24, 2.45) is 5.84 Å². The van der Waals surface area contributed by atoms with Gasteiger partial charge in [0.05, 0.1) is 0 Å². The number of hydrogen-bond acceptors (Lipinski definition) is 3. The molecule has 1 aliphatic rings. The minimum absolute atomic E-state index is 0.353. The molecule has 0 saturated carbocycles. The average molecular weight is 313 g/mol. The Kier molecular flexibility index (Phi) is 5.07. The molecule has 0 bridgehead atoms. The van der Waals surface area contributed by atoms with Crippen LogP contribution >= 0.6 is 11.8 Å². The summed E-state index contributed by atoms with van der Waals surface area (Å²) in [6.07, 6.45) is 1.15. The number of hydrazine groups is 1. The van der Waals surface area contributed by atoms with Crippen molar-refractivity contribution >= 4 is 11.8 Å². The second kappa shape index (κ2) is 5.58. The zero-order valence-electron chi connectivity index (χ0n) is 8.51. The third-order valence-electron chi connectivity index (χ3n) is 2.21. The third-order valence-corrected chi connectivity index (χ3v) is 7.01. The van der Waals surface area contributed by atoms with Crippen molar-refractivity contribution in [2.75, 3.05) is 18.0 Å². The number of nitrogens with two attached hydrogens (primary N) is 1. The van der Waals surface area contributed by atoms with Gasteiger partial charge in [-0.3, -0.25) is 0 Å². The molecule has 4 heteroatoms. The fraction of sp³-hybridized carbons (Fsp3) is 0.778. The maximum absolute atomic E-state index is 5.80. The van der Waals surface area contributed by atoms with Crippen molar-refractivity contribution in [3.8, 4) is 0 Å². The molecular formula is C9H18IN2S-. The molecule has 0 aromatic heterocycles. The molecule has 0 radical (unpaired) electrons. The van der Waals surface area contributed by atoms with Crippen LogP contribution in [0.3, 0.4) is 0 Å². The second-order valence-electron chi connectivity index (χ2n) is 3.30. The molecule has 1 heterocycles. The van der Waals surface area contributed by atoms with Crippen molar-refractivity contribution in [1.29, 1.82) is 0 Å². The van der Waals surface area contributed by atoms with Gasteiger partial charge in [0.1, 0.15) is 0 Å². The number of nitrogens with zero attached hydrogens (tertiary/aromatic N) is 1. The fourth-order valence-electron chi connectivity index (χ4n) is 1.23. The first kappa shape index (κ1) is 11.8. The fourth-order valence-corrected chi connectivity index (χ4v) is 3.94. The van der Waals surface area contributed by atoms with E-state index in [1.165, 1.54) is 4.91 Å². The monoisotopic (exact) mass is 313 g/mol.